The van der Waals surface area contributed by atoms with E-state index in [0.29, 0.717) is 23.9 Å². The van der Waals surface area contributed by atoms with Gasteiger partial charge in [-0.05, 0) is 0 Å². The van der Waals surface area contributed by atoms with Crippen molar-refractivity contribution in [1.82, 2.24) is 29.5 Å². The topological polar surface area (TPSA) is 119 Å². The standard InChI is InChI=1S/C10H14N6O3S/c1-15-6-11-12-7(15)2-3-16-8(4-17)13-14-10(16)20-5-9(18)19/h6,17H,2-5H2,1H3,(H,18,19). The van der Waals surface area contributed by atoms with Crippen LogP contribution >= 0.6 is 11.8 Å². The molecule has 0 saturated heterocycles. The summed E-state index contributed by atoms with van der Waals surface area (Å²) in [5, 5.41) is 33.9. The van der Waals surface area contributed by atoms with Crippen molar-refractivity contribution in [3.63, 3.8) is 0 Å². The number of hydrogen-bond donors (Lipinski definition) is 2. The molecule has 0 aromatic carbocycles. The Balaban J connectivity index is 2.10. The predicted octanol–water partition coefficient (Wildman–Crippen LogP) is -0.682. The fourth-order valence-electron chi connectivity index (χ4n) is 1.64. The summed E-state index contributed by atoms with van der Waals surface area (Å²) >= 11 is 1.07. The fraction of sp³-hybridized carbons (Fsp3) is 0.500. The van der Waals surface area contributed by atoms with Gasteiger partial charge in [0.2, 0.25) is 0 Å². The van der Waals surface area contributed by atoms with Crippen molar-refractivity contribution >= 4 is 17.7 Å². The molecule has 0 amide bonds. The lowest BCUT2D eigenvalue weighted by Gasteiger charge is -2.08. The number of aliphatic hydroxyl groups is 1. The zero-order valence-electron chi connectivity index (χ0n) is 10.8. The van der Waals surface area contributed by atoms with E-state index in [-0.39, 0.29) is 12.4 Å². The Kier molecular flexibility index (Phi) is 4.69. The summed E-state index contributed by atoms with van der Waals surface area (Å²) in [7, 11) is 1.84. The second-order valence-corrected chi connectivity index (χ2v) is 4.94. The van der Waals surface area contributed by atoms with E-state index < -0.39 is 5.97 Å². The molecule has 0 aliphatic heterocycles. The Labute approximate surface area is 118 Å². The van der Waals surface area contributed by atoms with Gasteiger partial charge in [0, 0.05) is 20.0 Å². The fourth-order valence-corrected chi connectivity index (χ4v) is 2.34. The van der Waals surface area contributed by atoms with Crippen molar-refractivity contribution in [2.75, 3.05) is 5.75 Å². The van der Waals surface area contributed by atoms with Crippen LogP contribution in [0.2, 0.25) is 0 Å². The number of carboxylic acid groups (broad SMARTS) is 1. The maximum Gasteiger partial charge on any atom is 0.313 e. The molecule has 108 valence electrons. The van der Waals surface area contributed by atoms with Gasteiger partial charge in [-0.3, -0.25) is 4.79 Å². The van der Waals surface area contributed by atoms with Gasteiger partial charge >= 0.3 is 5.97 Å². The number of carboxylic acids is 1. The molecule has 0 spiro atoms. The van der Waals surface area contributed by atoms with Gasteiger partial charge in [-0.2, -0.15) is 0 Å². The molecule has 0 atom stereocenters. The molecule has 0 unspecified atom stereocenters. The summed E-state index contributed by atoms with van der Waals surface area (Å²) in [6.45, 7) is 0.247. The zero-order chi connectivity index (χ0) is 14.5. The Bertz CT molecular complexity index is 596. The number of aryl methyl sites for hydroxylation is 2. The van der Waals surface area contributed by atoms with Gasteiger partial charge in [0.1, 0.15) is 18.8 Å². The van der Waals surface area contributed by atoms with Crippen LogP contribution in [0.1, 0.15) is 11.6 Å². The van der Waals surface area contributed by atoms with Gasteiger partial charge in [0.15, 0.2) is 11.0 Å². The molecule has 10 heteroatoms. The summed E-state index contributed by atoms with van der Waals surface area (Å²) in [6.07, 6.45) is 2.19. The maximum absolute atomic E-state index is 10.6. The quantitative estimate of drug-likeness (QED) is 0.645. The van der Waals surface area contributed by atoms with E-state index in [1.165, 1.54) is 0 Å². The monoisotopic (exact) mass is 298 g/mol. The molecule has 0 bridgehead atoms. The summed E-state index contributed by atoms with van der Waals surface area (Å²) in [4.78, 5) is 10.6. The lowest BCUT2D eigenvalue weighted by molar-refractivity contribution is -0.133. The summed E-state index contributed by atoms with van der Waals surface area (Å²) < 4.78 is 3.50. The van der Waals surface area contributed by atoms with E-state index in [1.807, 2.05) is 7.05 Å². The molecule has 2 heterocycles. The third-order valence-electron chi connectivity index (χ3n) is 2.62. The van der Waals surface area contributed by atoms with Gasteiger partial charge < -0.3 is 19.3 Å². The van der Waals surface area contributed by atoms with Crippen LogP contribution < -0.4 is 0 Å². The lowest BCUT2D eigenvalue weighted by atomic mass is 10.4. The van der Waals surface area contributed by atoms with E-state index in [0.717, 1.165) is 17.6 Å². The molecule has 0 aliphatic carbocycles. The highest BCUT2D eigenvalue weighted by Crippen LogP contribution is 2.17. The molecule has 0 saturated carbocycles. The summed E-state index contributed by atoms with van der Waals surface area (Å²) in [5.41, 5.74) is 0. The molecule has 0 fully saturated rings. The molecule has 0 aliphatic rings. The Hall–Kier alpha value is -1.94. The number of hydrogen-bond acceptors (Lipinski definition) is 7. The van der Waals surface area contributed by atoms with Crippen LogP contribution in [0.4, 0.5) is 0 Å². The van der Waals surface area contributed by atoms with E-state index >= 15 is 0 Å². The van der Waals surface area contributed by atoms with E-state index in [9.17, 15) is 9.90 Å². The first kappa shape index (κ1) is 14.5. The summed E-state index contributed by atoms with van der Waals surface area (Å²) in [6, 6.07) is 0. The molecule has 2 aromatic heterocycles. The lowest BCUT2D eigenvalue weighted by Crippen LogP contribution is -2.11. The number of nitrogens with zero attached hydrogens (tertiary/aromatic N) is 6. The van der Waals surface area contributed by atoms with Crippen LogP contribution in [0.5, 0.6) is 0 Å². The second-order valence-electron chi connectivity index (χ2n) is 4.00. The first-order valence-electron chi connectivity index (χ1n) is 5.82. The third-order valence-corrected chi connectivity index (χ3v) is 3.58. The molecule has 2 N–H and O–H groups in total. The van der Waals surface area contributed by atoms with Crippen molar-refractivity contribution < 1.29 is 15.0 Å². The second kappa shape index (κ2) is 6.48. The van der Waals surface area contributed by atoms with E-state index in [2.05, 4.69) is 20.4 Å². The van der Waals surface area contributed by atoms with Crippen molar-refractivity contribution in [3.05, 3.63) is 18.0 Å². The van der Waals surface area contributed by atoms with Crippen LogP contribution in [0.3, 0.4) is 0 Å². The normalized spacial score (nSPS) is 10.9. The molecule has 9 nitrogen and oxygen atoms in total. The number of rotatable bonds is 7. The molecule has 0 radical (unpaired) electrons. The Morgan fingerprint density at radius 1 is 1.35 bits per heavy atom. The molecular formula is C10H14N6O3S. The third kappa shape index (κ3) is 3.33. The van der Waals surface area contributed by atoms with Crippen molar-refractivity contribution in [2.45, 2.75) is 24.7 Å². The van der Waals surface area contributed by atoms with Crippen LogP contribution in [-0.2, 0) is 31.4 Å². The maximum atomic E-state index is 10.6. The first-order valence-corrected chi connectivity index (χ1v) is 6.80. The van der Waals surface area contributed by atoms with Crippen LogP contribution in [-0.4, -0.2) is 51.5 Å². The average Bonchev–Trinajstić information content (AvgIpc) is 2.99. The van der Waals surface area contributed by atoms with Gasteiger partial charge in [-0.25, -0.2) is 0 Å². The van der Waals surface area contributed by atoms with Gasteiger partial charge in [0.05, 0.1) is 5.75 Å². The van der Waals surface area contributed by atoms with Gasteiger partial charge in [-0.1, -0.05) is 11.8 Å². The highest BCUT2D eigenvalue weighted by atomic mass is 32.2. The van der Waals surface area contributed by atoms with Gasteiger partial charge in [-0.15, -0.1) is 20.4 Å². The number of aliphatic carboxylic acids is 1. The highest BCUT2D eigenvalue weighted by molar-refractivity contribution is 7.99. The number of aliphatic hydroxyl groups excluding tert-OH is 1. The van der Waals surface area contributed by atoms with Crippen LogP contribution in [0, 0.1) is 0 Å². The minimum absolute atomic E-state index is 0.104. The van der Waals surface area contributed by atoms with Crippen LogP contribution in [0.15, 0.2) is 11.5 Å². The average molecular weight is 298 g/mol. The van der Waals surface area contributed by atoms with Crippen LogP contribution in [0.25, 0.3) is 0 Å². The zero-order valence-corrected chi connectivity index (χ0v) is 11.6. The molecule has 20 heavy (non-hydrogen) atoms. The first-order chi connectivity index (χ1) is 9.61. The minimum Gasteiger partial charge on any atom is -0.481 e. The Morgan fingerprint density at radius 2 is 2.15 bits per heavy atom. The highest BCUT2D eigenvalue weighted by Gasteiger charge is 2.14. The summed E-state index contributed by atoms with van der Waals surface area (Å²) in [5.74, 6) is 0.160. The largest absolute Gasteiger partial charge is 0.481 e. The Morgan fingerprint density at radius 3 is 2.75 bits per heavy atom. The van der Waals surface area contributed by atoms with E-state index in [1.54, 1.807) is 15.5 Å². The smallest absolute Gasteiger partial charge is 0.313 e. The predicted molar refractivity (Wildman–Crippen MR) is 69.0 cm³/mol. The van der Waals surface area contributed by atoms with Gasteiger partial charge in [0.25, 0.3) is 0 Å². The number of carbonyl (C=O) groups is 1. The molecule has 2 aromatic rings. The van der Waals surface area contributed by atoms with Crippen molar-refractivity contribution in [3.8, 4) is 0 Å². The number of thioether (sulfide) groups is 1. The molecular weight excluding hydrogens is 284 g/mol. The number of aromatic nitrogens is 6. The SMILES string of the molecule is Cn1cnnc1CCn1c(CO)nnc1SCC(=O)O. The minimum atomic E-state index is -0.927. The molecule has 2 rings (SSSR count). The van der Waals surface area contributed by atoms with E-state index in [4.69, 9.17) is 5.11 Å². The van der Waals surface area contributed by atoms with Crippen molar-refractivity contribution in [2.24, 2.45) is 7.05 Å². The van der Waals surface area contributed by atoms with Crippen molar-refractivity contribution in [1.29, 1.82) is 0 Å².